The first-order valence-electron chi connectivity index (χ1n) is 9.20. The number of nitrogens with two attached hydrogens (primary N) is 1. The molecule has 7 nitrogen and oxygen atoms in total. The highest BCUT2D eigenvalue weighted by Crippen LogP contribution is 2.40. The maximum absolute atomic E-state index is 12.4. The van der Waals surface area contributed by atoms with E-state index in [1.54, 1.807) is 48.1 Å². The molecule has 0 saturated carbocycles. The van der Waals surface area contributed by atoms with Gasteiger partial charge in [-0.3, -0.25) is 4.68 Å². The molecule has 2 atom stereocenters. The third kappa shape index (κ3) is 3.69. The maximum Gasteiger partial charge on any atom is 0.191 e. The van der Waals surface area contributed by atoms with Crippen molar-refractivity contribution in [2.45, 2.75) is 18.4 Å². The topological polar surface area (TPSA) is 100 Å². The van der Waals surface area contributed by atoms with E-state index in [4.69, 9.17) is 10.7 Å². The molecule has 0 aliphatic heterocycles. The third-order valence-corrected chi connectivity index (χ3v) is 5.25. The van der Waals surface area contributed by atoms with Crippen LogP contribution in [0.3, 0.4) is 0 Å². The molecule has 1 aromatic heterocycles. The first-order chi connectivity index (χ1) is 13.8. The van der Waals surface area contributed by atoms with E-state index < -0.39 is 11.5 Å². The number of aliphatic imine (C=N–C) groups is 1. The number of guanidine groups is 1. The number of benzene rings is 2. The molecule has 3 aromatic rings. The highest BCUT2D eigenvalue weighted by Gasteiger charge is 2.38. The third-order valence-electron chi connectivity index (χ3n) is 5.25. The average molecular weight is 388 g/mol. The molecule has 29 heavy (non-hydrogen) atoms. The fraction of sp³-hybridized carbons (Fsp3) is 0.273. The molecule has 0 bridgehead atoms. The minimum Gasteiger partial charge on any atom is -0.370 e. The molecular weight excluding hydrogens is 364 g/mol. The zero-order chi connectivity index (χ0) is 21.2. The molecular formula is C22H24N6O. The number of carbonyl (C=O) groups excluding carboxylic acids is 1. The Hall–Kier alpha value is -3.66. The lowest BCUT2D eigenvalue weighted by atomic mass is 9.76. The average Bonchev–Trinajstić information content (AvgIpc) is 3.08. The van der Waals surface area contributed by atoms with Gasteiger partial charge in [-0.05, 0) is 42.3 Å². The second kappa shape index (κ2) is 7.76. The molecule has 1 heterocycles. The number of aldehydes is 1. The lowest BCUT2D eigenvalue weighted by Crippen LogP contribution is -2.37. The van der Waals surface area contributed by atoms with Gasteiger partial charge in [-0.25, -0.2) is 4.99 Å². The van der Waals surface area contributed by atoms with Crippen molar-refractivity contribution in [1.82, 2.24) is 14.7 Å². The zero-order valence-corrected chi connectivity index (χ0v) is 17.0. The van der Waals surface area contributed by atoms with Crippen molar-refractivity contribution in [3.05, 3.63) is 65.4 Å². The quantitative estimate of drug-likeness (QED) is 0.411. The van der Waals surface area contributed by atoms with E-state index in [0.717, 1.165) is 28.3 Å². The molecule has 2 unspecified atom stereocenters. The van der Waals surface area contributed by atoms with Crippen LogP contribution in [-0.4, -0.2) is 41.0 Å². The second-order valence-electron chi connectivity index (χ2n) is 7.40. The zero-order valence-electron chi connectivity index (χ0n) is 17.0. The van der Waals surface area contributed by atoms with Crippen molar-refractivity contribution >= 4 is 23.1 Å². The molecule has 0 aliphatic rings. The van der Waals surface area contributed by atoms with Gasteiger partial charge in [-0.15, -0.1) is 0 Å². The van der Waals surface area contributed by atoms with E-state index in [0.29, 0.717) is 11.5 Å². The van der Waals surface area contributed by atoms with E-state index in [1.807, 2.05) is 38.2 Å². The van der Waals surface area contributed by atoms with E-state index >= 15 is 0 Å². The van der Waals surface area contributed by atoms with Gasteiger partial charge in [0.25, 0.3) is 0 Å². The van der Waals surface area contributed by atoms with Gasteiger partial charge >= 0.3 is 0 Å². The van der Waals surface area contributed by atoms with E-state index in [1.165, 1.54) is 0 Å². The number of hydrogen-bond acceptors (Lipinski definition) is 4. The summed E-state index contributed by atoms with van der Waals surface area (Å²) >= 11 is 0. The molecule has 3 rings (SSSR count). The van der Waals surface area contributed by atoms with Crippen LogP contribution < -0.4 is 5.73 Å². The smallest absolute Gasteiger partial charge is 0.191 e. The summed E-state index contributed by atoms with van der Waals surface area (Å²) < 4.78 is 1.78. The first kappa shape index (κ1) is 20.1. The Bertz CT molecular complexity index is 1120. The van der Waals surface area contributed by atoms with Crippen LogP contribution in [0.1, 0.15) is 29.5 Å². The van der Waals surface area contributed by atoms with Crippen molar-refractivity contribution in [2.24, 2.45) is 17.8 Å². The Balaban J connectivity index is 2.22. The number of carbonyl (C=O) groups is 1. The van der Waals surface area contributed by atoms with E-state index in [2.05, 4.69) is 11.2 Å². The minimum absolute atomic E-state index is 0.296. The Morgan fingerprint density at radius 1 is 1.34 bits per heavy atom. The Labute approximate surface area is 170 Å². The molecule has 0 saturated heterocycles. The van der Waals surface area contributed by atoms with E-state index in [-0.39, 0.29) is 0 Å². The number of hydrogen-bond donors (Lipinski definition) is 1. The molecule has 0 amide bonds. The van der Waals surface area contributed by atoms with Gasteiger partial charge in [0.1, 0.15) is 11.8 Å². The normalized spacial score (nSPS) is 14.8. The number of rotatable bonds is 5. The van der Waals surface area contributed by atoms with Crippen molar-refractivity contribution < 1.29 is 4.79 Å². The Morgan fingerprint density at radius 3 is 2.76 bits per heavy atom. The first-order valence-corrected chi connectivity index (χ1v) is 9.20. The van der Waals surface area contributed by atoms with Gasteiger partial charge < -0.3 is 15.4 Å². The van der Waals surface area contributed by atoms with Crippen molar-refractivity contribution in [3.8, 4) is 6.07 Å². The molecule has 7 heteroatoms. The number of aromatic nitrogens is 2. The van der Waals surface area contributed by atoms with Crippen LogP contribution in [0.15, 0.2) is 53.7 Å². The van der Waals surface area contributed by atoms with Gasteiger partial charge in [0.2, 0.25) is 0 Å². The van der Waals surface area contributed by atoms with Gasteiger partial charge in [0.15, 0.2) is 5.96 Å². The van der Waals surface area contributed by atoms with Crippen molar-refractivity contribution in [2.75, 3.05) is 14.1 Å². The summed E-state index contributed by atoms with van der Waals surface area (Å²) in [5.74, 6) is -0.316. The van der Waals surface area contributed by atoms with Crippen molar-refractivity contribution in [3.63, 3.8) is 0 Å². The maximum atomic E-state index is 12.4. The van der Waals surface area contributed by atoms with Crippen LogP contribution in [0.4, 0.5) is 0 Å². The number of fused-ring (bicyclic) bond motifs is 1. The number of nitrogens with zero attached hydrogens (tertiary/aromatic N) is 5. The minimum atomic E-state index is -1.00. The lowest BCUT2D eigenvalue weighted by molar-refractivity contribution is -0.110. The molecule has 2 N–H and O–H groups in total. The standard InChI is InChI=1S/C22H24N6O/c1-22(26-21(24)27(2)3,18-7-5-6-15(10-18)12-23)19(14-29)16-8-9-20-17(11-16)13-25-28(20)4/h5-11,13-14,19H,1-4H3,(H2,24,26). The number of nitriles is 1. The number of aryl methyl sites for hydroxylation is 1. The predicted octanol–water partition coefficient (Wildman–Crippen LogP) is 2.52. The SMILES string of the molecule is CN(C)C(N)=NC(C)(c1cccc(C#N)c1)C(C=O)c1ccc2c(cnn2C)c1. The Morgan fingerprint density at radius 2 is 2.10 bits per heavy atom. The van der Waals surface area contributed by atoms with Gasteiger partial charge in [0.05, 0.1) is 29.3 Å². The summed E-state index contributed by atoms with van der Waals surface area (Å²) in [6.45, 7) is 1.87. The van der Waals surface area contributed by atoms with Gasteiger partial charge in [-0.1, -0.05) is 18.2 Å². The van der Waals surface area contributed by atoms with Crippen LogP contribution in [0.5, 0.6) is 0 Å². The largest absolute Gasteiger partial charge is 0.370 e. The summed E-state index contributed by atoms with van der Waals surface area (Å²) in [4.78, 5) is 18.8. The molecule has 148 valence electrons. The fourth-order valence-corrected chi connectivity index (χ4v) is 3.47. The van der Waals surface area contributed by atoms with Crippen LogP contribution in [0, 0.1) is 11.3 Å². The highest BCUT2D eigenvalue weighted by molar-refractivity contribution is 5.82. The van der Waals surface area contributed by atoms with Crippen LogP contribution in [0.25, 0.3) is 10.9 Å². The summed E-state index contributed by atoms with van der Waals surface area (Å²) in [6.07, 6.45) is 2.66. The fourth-order valence-electron chi connectivity index (χ4n) is 3.47. The second-order valence-corrected chi connectivity index (χ2v) is 7.40. The van der Waals surface area contributed by atoms with Crippen LogP contribution in [0.2, 0.25) is 0 Å². The summed E-state index contributed by atoms with van der Waals surface area (Å²) in [5, 5.41) is 14.5. The molecule has 0 aliphatic carbocycles. The Kier molecular flexibility index (Phi) is 5.37. The van der Waals surface area contributed by atoms with Gasteiger partial charge in [0, 0.05) is 26.5 Å². The van der Waals surface area contributed by atoms with Crippen LogP contribution in [-0.2, 0) is 17.4 Å². The van der Waals surface area contributed by atoms with E-state index in [9.17, 15) is 10.1 Å². The molecule has 0 fully saturated rings. The van der Waals surface area contributed by atoms with Crippen LogP contribution >= 0.6 is 0 Å². The molecule has 0 spiro atoms. The predicted molar refractivity (Wildman–Crippen MR) is 113 cm³/mol. The summed E-state index contributed by atoms with van der Waals surface area (Å²) in [6, 6.07) is 15.1. The summed E-state index contributed by atoms with van der Waals surface area (Å²) in [7, 11) is 5.46. The lowest BCUT2D eigenvalue weighted by Gasteiger charge is -2.33. The van der Waals surface area contributed by atoms with Gasteiger partial charge in [-0.2, -0.15) is 10.4 Å². The molecule has 0 radical (unpaired) electrons. The summed E-state index contributed by atoms with van der Waals surface area (Å²) in [5.41, 5.74) is 8.18. The molecule has 2 aromatic carbocycles. The monoisotopic (exact) mass is 388 g/mol. The highest BCUT2D eigenvalue weighted by atomic mass is 16.1. The van der Waals surface area contributed by atoms with Crippen molar-refractivity contribution in [1.29, 1.82) is 5.26 Å².